The van der Waals surface area contributed by atoms with E-state index in [1.807, 2.05) is 23.9 Å². The number of rotatable bonds is 4. The fourth-order valence-electron chi connectivity index (χ4n) is 2.42. The maximum atomic E-state index is 12.8. The summed E-state index contributed by atoms with van der Waals surface area (Å²) in [5.74, 6) is 1.93. The molecule has 0 unspecified atom stereocenters. The lowest BCUT2D eigenvalue weighted by Crippen LogP contribution is -2.28. The highest BCUT2D eigenvalue weighted by atomic mass is 32.2. The predicted molar refractivity (Wildman–Crippen MR) is 76.5 cm³/mol. The minimum Gasteiger partial charge on any atom is -0.207 e. The molecule has 1 saturated carbocycles. The summed E-state index contributed by atoms with van der Waals surface area (Å²) in [7, 11) is 0. The molecular formula is C14H19FS2. The lowest BCUT2D eigenvalue weighted by Gasteiger charge is -2.35. The van der Waals surface area contributed by atoms with Crippen LogP contribution in [0.3, 0.4) is 0 Å². The number of halogens is 1. The van der Waals surface area contributed by atoms with Crippen molar-refractivity contribution in [2.45, 2.75) is 37.0 Å². The summed E-state index contributed by atoms with van der Waals surface area (Å²) in [5.41, 5.74) is 0.403. The molecule has 2 rings (SSSR count). The highest BCUT2D eigenvalue weighted by Gasteiger charge is 2.30. The molecule has 1 aliphatic rings. The summed E-state index contributed by atoms with van der Waals surface area (Å²) in [4.78, 5) is 1.16. The first-order valence-corrected chi connectivity index (χ1v) is 7.85. The molecule has 0 bridgehead atoms. The van der Waals surface area contributed by atoms with Crippen LogP contribution in [0.1, 0.15) is 32.1 Å². The molecule has 3 heteroatoms. The van der Waals surface area contributed by atoms with E-state index in [9.17, 15) is 4.39 Å². The quantitative estimate of drug-likeness (QED) is 0.606. The summed E-state index contributed by atoms with van der Waals surface area (Å²) in [6, 6.07) is 6.82. The molecule has 0 N–H and O–H groups in total. The number of hydrogen-bond donors (Lipinski definition) is 1. The zero-order chi connectivity index (χ0) is 12.1. The van der Waals surface area contributed by atoms with Gasteiger partial charge in [0.05, 0.1) is 0 Å². The normalized spacial score (nSPS) is 19.2. The molecule has 0 atom stereocenters. The van der Waals surface area contributed by atoms with Crippen LogP contribution in [0.4, 0.5) is 4.39 Å². The van der Waals surface area contributed by atoms with Crippen molar-refractivity contribution < 1.29 is 4.39 Å². The minimum absolute atomic E-state index is 0.157. The Balaban J connectivity index is 1.93. The van der Waals surface area contributed by atoms with Crippen molar-refractivity contribution in [3.8, 4) is 0 Å². The summed E-state index contributed by atoms with van der Waals surface area (Å²) < 4.78 is 12.8. The lowest BCUT2D eigenvalue weighted by atomic mass is 9.77. The van der Waals surface area contributed by atoms with Crippen molar-refractivity contribution in [2.75, 3.05) is 11.5 Å². The van der Waals surface area contributed by atoms with Crippen molar-refractivity contribution in [2.24, 2.45) is 5.41 Å². The third-order valence-corrected chi connectivity index (χ3v) is 5.64. The van der Waals surface area contributed by atoms with Gasteiger partial charge in [-0.2, -0.15) is 12.6 Å². The van der Waals surface area contributed by atoms with Crippen molar-refractivity contribution >= 4 is 24.4 Å². The van der Waals surface area contributed by atoms with E-state index in [1.54, 1.807) is 0 Å². The molecule has 94 valence electrons. The molecule has 1 aromatic rings. The van der Waals surface area contributed by atoms with Gasteiger partial charge in [0.15, 0.2) is 0 Å². The topological polar surface area (TPSA) is 0 Å². The largest absolute Gasteiger partial charge is 0.207 e. The molecule has 0 radical (unpaired) electrons. The Morgan fingerprint density at radius 2 is 1.76 bits per heavy atom. The third kappa shape index (κ3) is 3.65. The smallest absolute Gasteiger partial charge is 0.123 e. The van der Waals surface area contributed by atoms with E-state index in [-0.39, 0.29) is 5.82 Å². The van der Waals surface area contributed by atoms with Gasteiger partial charge in [0.25, 0.3) is 0 Å². The Morgan fingerprint density at radius 1 is 1.12 bits per heavy atom. The average molecular weight is 270 g/mol. The molecule has 1 aromatic carbocycles. The zero-order valence-corrected chi connectivity index (χ0v) is 11.7. The van der Waals surface area contributed by atoms with E-state index in [4.69, 9.17) is 0 Å². The van der Waals surface area contributed by atoms with Crippen LogP contribution >= 0.6 is 24.4 Å². The molecule has 17 heavy (non-hydrogen) atoms. The number of hydrogen-bond acceptors (Lipinski definition) is 2. The molecular weight excluding hydrogens is 251 g/mol. The molecule has 0 aliphatic heterocycles. The lowest BCUT2D eigenvalue weighted by molar-refractivity contribution is 0.259. The highest BCUT2D eigenvalue weighted by molar-refractivity contribution is 7.99. The second-order valence-corrected chi connectivity index (χ2v) is 6.33. The standard InChI is InChI=1S/C14H19FS2/c15-12-4-6-13(7-5-12)17-11-14(10-16)8-2-1-3-9-14/h4-7,16H,1-3,8-11H2. The van der Waals surface area contributed by atoms with Crippen LogP contribution < -0.4 is 0 Å². The van der Waals surface area contributed by atoms with Crippen LogP contribution in [0, 0.1) is 11.2 Å². The van der Waals surface area contributed by atoms with Crippen LogP contribution in [-0.4, -0.2) is 11.5 Å². The SMILES string of the molecule is Fc1ccc(SCC2(CS)CCCCC2)cc1. The maximum Gasteiger partial charge on any atom is 0.123 e. The molecule has 0 heterocycles. The van der Waals surface area contributed by atoms with Gasteiger partial charge >= 0.3 is 0 Å². The molecule has 0 nitrogen and oxygen atoms in total. The molecule has 1 aliphatic carbocycles. The van der Waals surface area contributed by atoms with Gasteiger partial charge in [-0.05, 0) is 48.3 Å². The van der Waals surface area contributed by atoms with Crippen molar-refractivity contribution in [1.29, 1.82) is 0 Å². The fraction of sp³-hybridized carbons (Fsp3) is 0.571. The molecule has 0 saturated heterocycles. The van der Waals surface area contributed by atoms with E-state index in [0.717, 1.165) is 16.4 Å². The van der Waals surface area contributed by atoms with Gasteiger partial charge in [0.2, 0.25) is 0 Å². The Kier molecular flexibility index (Phi) is 4.80. The summed E-state index contributed by atoms with van der Waals surface area (Å²) in [6.45, 7) is 0. The van der Waals surface area contributed by atoms with Gasteiger partial charge in [-0.3, -0.25) is 0 Å². The third-order valence-electron chi connectivity index (χ3n) is 3.61. The second-order valence-electron chi connectivity index (χ2n) is 4.96. The van der Waals surface area contributed by atoms with E-state index in [1.165, 1.54) is 44.2 Å². The van der Waals surface area contributed by atoms with Crippen molar-refractivity contribution in [3.05, 3.63) is 30.1 Å². The molecule has 0 spiro atoms. The van der Waals surface area contributed by atoms with Crippen LogP contribution in [0.25, 0.3) is 0 Å². The van der Waals surface area contributed by atoms with Crippen molar-refractivity contribution in [1.82, 2.24) is 0 Å². The zero-order valence-electron chi connectivity index (χ0n) is 9.99. The first-order chi connectivity index (χ1) is 8.24. The predicted octanol–water partition coefficient (Wildman–Crippen LogP) is 4.80. The Hall–Kier alpha value is -0.150. The van der Waals surface area contributed by atoms with E-state index >= 15 is 0 Å². The van der Waals surface area contributed by atoms with E-state index in [2.05, 4.69) is 12.6 Å². The highest BCUT2D eigenvalue weighted by Crippen LogP contribution is 2.41. The van der Waals surface area contributed by atoms with Gasteiger partial charge in [-0.1, -0.05) is 19.3 Å². The Labute approximate surface area is 113 Å². The van der Waals surface area contributed by atoms with Crippen molar-refractivity contribution in [3.63, 3.8) is 0 Å². The first kappa shape index (κ1) is 13.3. The first-order valence-electron chi connectivity index (χ1n) is 6.23. The monoisotopic (exact) mass is 270 g/mol. The molecule has 1 fully saturated rings. The Bertz CT molecular complexity index is 342. The van der Waals surface area contributed by atoms with Crippen LogP contribution in [0.5, 0.6) is 0 Å². The molecule has 0 amide bonds. The van der Waals surface area contributed by atoms with Gasteiger partial charge in [-0.25, -0.2) is 4.39 Å². The number of thioether (sulfide) groups is 1. The minimum atomic E-state index is -0.157. The van der Waals surface area contributed by atoms with Gasteiger partial charge in [0, 0.05) is 10.6 Å². The van der Waals surface area contributed by atoms with Crippen LogP contribution in [-0.2, 0) is 0 Å². The Morgan fingerprint density at radius 3 is 2.35 bits per heavy atom. The number of benzene rings is 1. The summed E-state index contributed by atoms with van der Waals surface area (Å²) in [5, 5.41) is 0. The average Bonchev–Trinajstić information content (AvgIpc) is 2.39. The maximum absolute atomic E-state index is 12.8. The van der Waals surface area contributed by atoms with Crippen LogP contribution in [0.15, 0.2) is 29.2 Å². The fourth-order valence-corrected chi connectivity index (χ4v) is 4.19. The van der Waals surface area contributed by atoms with Gasteiger partial charge in [-0.15, -0.1) is 11.8 Å². The van der Waals surface area contributed by atoms with E-state index in [0.29, 0.717) is 5.41 Å². The second kappa shape index (κ2) is 6.14. The number of thiol groups is 1. The van der Waals surface area contributed by atoms with E-state index < -0.39 is 0 Å². The van der Waals surface area contributed by atoms with Crippen LogP contribution in [0.2, 0.25) is 0 Å². The molecule has 0 aromatic heterocycles. The van der Waals surface area contributed by atoms with Gasteiger partial charge in [0.1, 0.15) is 5.82 Å². The summed E-state index contributed by atoms with van der Waals surface area (Å²) >= 11 is 6.38. The summed E-state index contributed by atoms with van der Waals surface area (Å²) in [6.07, 6.45) is 6.64. The van der Waals surface area contributed by atoms with Gasteiger partial charge < -0.3 is 0 Å².